The number of hydrogen-bond donors (Lipinski definition) is 0. The molecule has 0 spiro atoms. The Morgan fingerprint density at radius 1 is 1.05 bits per heavy atom. The minimum Gasteiger partial charge on any atom is -0.340 e. The topological polar surface area (TPSA) is 6.48 Å². The van der Waals surface area contributed by atoms with Crippen LogP contribution in [0.4, 0.5) is 11.4 Å². The van der Waals surface area contributed by atoms with Crippen molar-refractivity contribution < 1.29 is 0 Å². The van der Waals surface area contributed by atoms with Crippen molar-refractivity contribution in [3.8, 4) is 0 Å². The smallest absolute Gasteiger partial charge is 0.0567 e. The van der Waals surface area contributed by atoms with Crippen molar-refractivity contribution in [1.29, 1.82) is 0 Å². The van der Waals surface area contributed by atoms with E-state index < -0.39 is 0 Å². The lowest BCUT2D eigenvalue weighted by Crippen LogP contribution is -2.25. The third-order valence-electron chi connectivity index (χ3n) is 3.57. The minimum absolute atomic E-state index is 0.798. The van der Waals surface area contributed by atoms with E-state index in [1.54, 1.807) is 0 Å². The predicted octanol–water partition coefficient (Wildman–Crippen LogP) is 4.89. The SMILES string of the molecule is CN([11CH3])CCCN1c2ccccc2Sc2ccc(Cl)cc21. The number of nitrogens with zero attached hydrogens (tertiary/aromatic N) is 2. The molecule has 110 valence electrons. The summed E-state index contributed by atoms with van der Waals surface area (Å²) in [6.07, 6.45) is 1.12. The number of rotatable bonds is 4. The molecule has 3 rings (SSSR count). The van der Waals surface area contributed by atoms with Crippen molar-refractivity contribution in [3.05, 3.63) is 47.5 Å². The van der Waals surface area contributed by atoms with Crippen molar-refractivity contribution in [2.24, 2.45) is 0 Å². The van der Waals surface area contributed by atoms with Gasteiger partial charge in [-0.3, -0.25) is 0 Å². The van der Waals surface area contributed by atoms with Gasteiger partial charge in [-0.2, -0.15) is 0 Å². The largest absolute Gasteiger partial charge is 0.340 e. The van der Waals surface area contributed by atoms with Crippen LogP contribution < -0.4 is 4.90 Å². The van der Waals surface area contributed by atoms with E-state index in [0.29, 0.717) is 0 Å². The molecule has 0 unspecified atom stereocenters. The van der Waals surface area contributed by atoms with Crippen LogP contribution in [0.3, 0.4) is 0 Å². The second kappa shape index (κ2) is 6.30. The first-order valence-electron chi connectivity index (χ1n) is 7.14. The van der Waals surface area contributed by atoms with Gasteiger partial charge in [0.1, 0.15) is 0 Å². The molecule has 1 aliphatic rings. The molecule has 1 aliphatic heterocycles. The quantitative estimate of drug-likeness (QED) is 0.792. The molecule has 2 aromatic rings. The molecule has 2 nitrogen and oxygen atoms in total. The van der Waals surface area contributed by atoms with E-state index in [0.717, 1.165) is 24.5 Å². The highest BCUT2D eigenvalue weighted by Gasteiger charge is 2.22. The summed E-state index contributed by atoms with van der Waals surface area (Å²) in [5.74, 6) is 0. The van der Waals surface area contributed by atoms with Gasteiger partial charge in [0.05, 0.1) is 11.4 Å². The molecule has 0 aliphatic carbocycles. The molecule has 0 saturated heterocycles. The van der Waals surface area contributed by atoms with Crippen molar-refractivity contribution in [2.45, 2.75) is 16.2 Å². The fourth-order valence-corrected chi connectivity index (χ4v) is 3.83. The van der Waals surface area contributed by atoms with Crippen molar-refractivity contribution in [1.82, 2.24) is 4.90 Å². The van der Waals surface area contributed by atoms with E-state index in [2.05, 4.69) is 60.3 Å². The first-order valence-corrected chi connectivity index (χ1v) is 8.33. The average Bonchev–Trinajstić information content (AvgIpc) is 2.46. The Balaban J connectivity index is 1.94. The number of halogens is 1. The zero-order chi connectivity index (χ0) is 14.8. The van der Waals surface area contributed by atoms with Gasteiger partial charge in [0, 0.05) is 21.4 Å². The molecule has 0 amide bonds. The molecule has 2 aromatic carbocycles. The Labute approximate surface area is 135 Å². The molecule has 4 heteroatoms. The highest BCUT2D eigenvalue weighted by molar-refractivity contribution is 7.99. The molecular formula is C17H19ClN2S. The Morgan fingerprint density at radius 2 is 1.81 bits per heavy atom. The van der Waals surface area contributed by atoms with Gasteiger partial charge in [-0.25, -0.2) is 0 Å². The number of anilines is 2. The summed E-state index contributed by atoms with van der Waals surface area (Å²) in [6.45, 7) is 2.09. The van der Waals surface area contributed by atoms with Gasteiger partial charge in [-0.15, -0.1) is 0 Å². The van der Waals surface area contributed by atoms with Gasteiger partial charge < -0.3 is 9.80 Å². The van der Waals surface area contributed by atoms with Crippen LogP contribution in [0.5, 0.6) is 0 Å². The third-order valence-corrected chi connectivity index (χ3v) is 4.94. The van der Waals surface area contributed by atoms with Gasteiger partial charge in [0.25, 0.3) is 0 Å². The molecule has 0 saturated carbocycles. The fraction of sp³-hybridized carbons (Fsp3) is 0.294. The second-order valence-corrected chi connectivity index (χ2v) is 7.01. The maximum absolute atomic E-state index is 6.21. The van der Waals surface area contributed by atoms with E-state index in [1.165, 1.54) is 21.2 Å². The molecule has 0 N–H and O–H groups in total. The number of hydrogen-bond acceptors (Lipinski definition) is 3. The van der Waals surface area contributed by atoms with Crippen LogP contribution >= 0.6 is 23.4 Å². The Hall–Kier alpha value is -1.16. The van der Waals surface area contributed by atoms with Crippen molar-refractivity contribution >= 4 is 34.7 Å². The first-order chi connectivity index (χ1) is 10.1. The highest BCUT2D eigenvalue weighted by atomic mass is 35.5. The van der Waals surface area contributed by atoms with Gasteiger partial charge >= 0.3 is 0 Å². The summed E-state index contributed by atoms with van der Waals surface area (Å²) in [7, 11) is 4.23. The zero-order valence-corrected chi connectivity index (χ0v) is 13.9. The highest BCUT2D eigenvalue weighted by Crippen LogP contribution is 2.48. The van der Waals surface area contributed by atoms with Crippen molar-refractivity contribution in [3.63, 3.8) is 0 Å². The van der Waals surface area contributed by atoms with E-state index >= 15 is 0 Å². The summed E-state index contributed by atoms with van der Waals surface area (Å²) in [4.78, 5) is 7.22. The number of fused-ring (bicyclic) bond motifs is 2. The monoisotopic (exact) mass is 317 g/mol. The van der Waals surface area contributed by atoms with Crippen molar-refractivity contribution in [2.75, 3.05) is 32.1 Å². The molecule has 1 heterocycles. The van der Waals surface area contributed by atoms with Crippen LogP contribution in [0, 0.1) is 0 Å². The maximum atomic E-state index is 6.21. The van der Waals surface area contributed by atoms with E-state index in [1.807, 2.05) is 17.8 Å². The lowest BCUT2D eigenvalue weighted by Gasteiger charge is -2.33. The number of para-hydroxylation sites is 1. The molecule has 21 heavy (non-hydrogen) atoms. The zero-order valence-electron chi connectivity index (χ0n) is 12.3. The lowest BCUT2D eigenvalue weighted by atomic mass is 10.2. The van der Waals surface area contributed by atoms with Crippen LogP contribution in [0.15, 0.2) is 52.3 Å². The van der Waals surface area contributed by atoms with Gasteiger partial charge in [-0.1, -0.05) is 35.5 Å². The summed E-state index contributed by atoms with van der Waals surface area (Å²) in [5, 5.41) is 0.798. The molecule has 0 atom stereocenters. The summed E-state index contributed by atoms with van der Waals surface area (Å²) in [6, 6.07) is 14.8. The molecular weight excluding hydrogens is 299 g/mol. The van der Waals surface area contributed by atoms with Gasteiger partial charge in [-0.05, 0) is 57.4 Å². The standard InChI is InChI=1S/C17H19ClN2S/c1-19(2)10-5-11-20-14-6-3-4-7-16(14)21-17-9-8-13(18)12-15(17)20/h3-4,6-9,12H,5,10-11H2,1-2H3/i1-1. The van der Waals surface area contributed by atoms with E-state index in [9.17, 15) is 0 Å². The van der Waals surface area contributed by atoms with Crippen LogP contribution in [-0.2, 0) is 0 Å². The fourth-order valence-electron chi connectivity index (χ4n) is 2.59. The Bertz CT molecular complexity index is 642. The first kappa shape index (κ1) is 14.8. The molecule has 0 aromatic heterocycles. The normalized spacial score (nSPS) is 13.2. The molecule has 0 radical (unpaired) electrons. The van der Waals surface area contributed by atoms with Crippen LogP contribution in [0.1, 0.15) is 6.42 Å². The number of benzene rings is 2. The van der Waals surface area contributed by atoms with Crippen LogP contribution in [-0.4, -0.2) is 32.1 Å². The predicted molar refractivity (Wildman–Crippen MR) is 92.2 cm³/mol. The Morgan fingerprint density at radius 3 is 2.62 bits per heavy atom. The summed E-state index contributed by atoms with van der Waals surface area (Å²) < 4.78 is 0. The second-order valence-electron chi connectivity index (χ2n) is 5.49. The lowest BCUT2D eigenvalue weighted by molar-refractivity contribution is 0.402. The maximum Gasteiger partial charge on any atom is 0.0567 e. The minimum atomic E-state index is 0.798. The third kappa shape index (κ3) is 3.20. The van der Waals surface area contributed by atoms with Gasteiger partial charge in [0.15, 0.2) is 0 Å². The summed E-state index contributed by atoms with van der Waals surface area (Å²) >= 11 is 8.03. The molecule has 0 bridgehead atoms. The summed E-state index contributed by atoms with van der Waals surface area (Å²) in [5.41, 5.74) is 2.51. The van der Waals surface area contributed by atoms with Crippen LogP contribution in [0.2, 0.25) is 5.02 Å². The van der Waals surface area contributed by atoms with E-state index in [-0.39, 0.29) is 0 Å². The van der Waals surface area contributed by atoms with Crippen LogP contribution in [0.25, 0.3) is 0 Å². The Kier molecular flexibility index (Phi) is 4.43. The average molecular weight is 318 g/mol. The van der Waals surface area contributed by atoms with E-state index in [4.69, 9.17) is 11.6 Å². The van der Waals surface area contributed by atoms with Gasteiger partial charge in [0.2, 0.25) is 0 Å². The molecule has 0 fully saturated rings.